The maximum Gasteiger partial charge on any atom is 0.310 e. The van der Waals surface area contributed by atoms with E-state index in [-0.39, 0.29) is 5.56 Å². The summed E-state index contributed by atoms with van der Waals surface area (Å²) in [6, 6.07) is 12.8. The quantitative estimate of drug-likeness (QED) is 0.405. The fraction of sp³-hybridized carbons (Fsp3) is 0.0556. The van der Waals surface area contributed by atoms with Crippen molar-refractivity contribution in [1.82, 2.24) is 10.6 Å². The second kappa shape index (κ2) is 7.48. The van der Waals surface area contributed by atoms with Crippen molar-refractivity contribution in [3.63, 3.8) is 0 Å². The summed E-state index contributed by atoms with van der Waals surface area (Å²) in [4.78, 5) is 22.4. The number of carbonyl (C=O) groups is 1. The number of amides is 1. The van der Waals surface area contributed by atoms with Gasteiger partial charge in [0, 0.05) is 11.6 Å². The van der Waals surface area contributed by atoms with E-state index in [1.165, 1.54) is 18.3 Å². The van der Waals surface area contributed by atoms with Crippen LogP contribution in [0, 0.1) is 17.0 Å². The van der Waals surface area contributed by atoms with E-state index >= 15 is 0 Å². The van der Waals surface area contributed by atoms with E-state index in [0.29, 0.717) is 17.0 Å². The average molecular weight is 366 g/mol. The summed E-state index contributed by atoms with van der Waals surface area (Å²) in [5, 5.41) is 28.0. The lowest BCUT2D eigenvalue weighted by Crippen LogP contribution is -2.18. The molecule has 3 aromatic rings. The number of aryl methyl sites for hydroxylation is 1. The van der Waals surface area contributed by atoms with E-state index < -0.39 is 22.3 Å². The van der Waals surface area contributed by atoms with E-state index in [1.807, 2.05) is 18.2 Å². The largest absolute Gasteiger partial charge is 0.502 e. The number of phenols is 1. The zero-order chi connectivity index (χ0) is 19.4. The van der Waals surface area contributed by atoms with Crippen LogP contribution in [0.15, 0.2) is 58.2 Å². The van der Waals surface area contributed by atoms with E-state index in [1.54, 1.807) is 19.1 Å². The first kappa shape index (κ1) is 17.8. The first-order valence-corrected chi connectivity index (χ1v) is 7.80. The first-order valence-electron chi connectivity index (χ1n) is 7.80. The Balaban J connectivity index is 1.77. The highest BCUT2D eigenvalue weighted by atomic mass is 16.6. The number of hydrogen-bond acceptors (Lipinski definition) is 7. The van der Waals surface area contributed by atoms with Gasteiger partial charge in [-0.05, 0) is 24.6 Å². The van der Waals surface area contributed by atoms with Gasteiger partial charge in [0.2, 0.25) is 0 Å². The number of nitro groups is 1. The minimum absolute atomic E-state index is 0.255. The number of phenolic OH excluding ortho intramolecular Hbond substituents is 1. The molecule has 2 N–H and O–H groups in total. The van der Waals surface area contributed by atoms with Crippen molar-refractivity contribution >= 4 is 17.8 Å². The van der Waals surface area contributed by atoms with Crippen molar-refractivity contribution in [3.8, 4) is 17.0 Å². The van der Waals surface area contributed by atoms with Crippen molar-refractivity contribution in [2.24, 2.45) is 5.10 Å². The lowest BCUT2D eigenvalue weighted by atomic mass is 10.1. The topological polar surface area (TPSA) is 131 Å². The van der Waals surface area contributed by atoms with Gasteiger partial charge in [-0.1, -0.05) is 35.5 Å². The zero-order valence-corrected chi connectivity index (χ0v) is 14.1. The van der Waals surface area contributed by atoms with Crippen molar-refractivity contribution in [2.75, 3.05) is 0 Å². The molecule has 1 heterocycles. The molecule has 1 aromatic heterocycles. The van der Waals surface area contributed by atoms with Gasteiger partial charge in [0.15, 0.2) is 5.75 Å². The van der Waals surface area contributed by atoms with E-state index in [4.69, 9.17) is 4.52 Å². The Hall–Kier alpha value is -4.01. The van der Waals surface area contributed by atoms with E-state index in [9.17, 15) is 20.0 Å². The predicted octanol–water partition coefficient (Wildman–Crippen LogP) is 3.03. The molecule has 9 nitrogen and oxygen atoms in total. The second-order valence-corrected chi connectivity index (χ2v) is 5.53. The molecule has 0 spiro atoms. The van der Waals surface area contributed by atoms with E-state index in [2.05, 4.69) is 15.7 Å². The van der Waals surface area contributed by atoms with Gasteiger partial charge in [0.1, 0.15) is 17.0 Å². The molecule has 0 aliphatic heterocycles. The third-order valence-corrected chi connectivity index (χ3v) is 3.71. The van der Waals surface area contributed by atoms with Gasteiger partial charge < -0.3 is 9.63 Å². The van der Waals surface area contributed by atoms with Gasteiger partial charge in [-0.3, -0.25) is 14.9 Å². The molecule has 27 heavy (non-hydrogen) atoms. The molecule has 0 atom stereocenters. The number of rotatable bonds is 5. The standard InChI is InChI=1S/C18H14N4O5/c1-11-16(17(21-27-11)13-5-3-2-4-6-13)18(24)20-19-10-12-7-8-14(22(25)26)15(23)9-12/h2-10,23H,1H3,(H,20,24). The minimum Gasteiger partial charge on any atom is -0.502 e. The zero-order valence-electron chi connectivity index (χ0n) is 14.1. The molecule has 0 saturated carbocycles. The Kier molecular flexibility index (Phi) is 4.93. The molecule has 9 heteroatoms. The fourth-order valence-electron chi connectivity index (χ4n) is 2.43. The summed E-state index contributed by atoms with van der Waals surface area (Å²) in [5.41, 5.74) is 3.70. The van der Waals surface area contributed by atoms with Gasteiger partial charge in [-0.25, -0.2) is 5.43 Å². The maximum absolute atomic E-state index is 12.5. The normalized spacial score (nSPS) is 10.9. The predicted molar refractivity (Wildman–Crippen MR) is 96.5 cm³/mol. The molecule has 0 saturated heterocycles. The molecule has 0 radical (unpaired) electrons. The van der Waals surface area contributed by atoms with Gasteiger partial charge in [-0.2, -0.15) is 5.10 Å². The van der Waals surface area contributed by atoms with Gasteiger partial charge >= 0.3 is 5.69 Å². The average Bonchev–Trinajstić information content (AvgIpc) is 3.04. The van der Waals surface area contributed by atoms with Crippen molar-refractivity contribution < 1.29 is 19.3 Å². The number of nitrogens with zero attached hydrogens (tertiary/aromatic N) is 3. The van der Waals surface area contributed by atoms with Crippen LogP contribution in [0.4, 0.5) is 5.69 Å². The SMILES string of the molecule is Cc1onc(-c2ccccc2)c1C(=O)NN=Cc1ccc([N+](=O)[O-])c(O)c1. The number of nitro benzene ring substituents is 1. The van der Waals surface area contributed by atoms with Crippen LogP contribution in [0.5, 0.6) is 5.75 Å². The highest BCUT2D eigenvalue weighted by Crippen LogP contribution is 2.26. The third-order valence-electron chi connectivity index (χ3n) is 3.71. The van der Waals surface area contributed by atoms with Crippen molar-refractivity contribution in [1.29, 1.82) is 0 Å². The van der Waals surface area contributed by atoms with Crippen molar-refractivity contribution in [3.05, 3.63) is 75.5 Å². The Morgan fingerprint density at radius 3 is 2.70 bits per heavy atom. The van der Waals surface area contributed by atoms with Gasteiger partial charge in [-0.15, -0.1) is 0 Å². The van der Waals surface area contributed by atoms with Gasteiger partial charge in [0.25, 0.3) is 5.91 Å². The van der Waals surface area contributed by atoms with Crippen LogP contribution in [-0.2, 0) is 0 Å². The number of hydrogen-bond donors (Lipinski definition) is 2. The first-order chi connectivity index (χ1) is 13.0. The van der Waals surface area contributed by atoms with Crippen LogP contribution in [0.1, 0.15) is 21.7 Å². The van der Waals surface area contributed by atoms with E-state index in [0.717, 1.165) is 11.6 Å². The molecule has 0 aliphatic carbocycles. The molecular weight excluding hydrogens is 352 g/mol. The summed E-state index contributed by atoms with van der Waals surface area (Å²) in [6.45, 7) is 1.62. The summed E-state index contributed by atoms with van der Waals surface area (Å²) in [7, 11) is 0. The number of benzene rings is 2. The van der Waals surface area contributed by atoms with Crippen LogP contribution < -0.4 is 5.43 Å². The second-order valence-electron chi connectivity index (χ2n) is 5.53. The number of carbonyl (C=O) groups excluding carboxylic acids is 1. The molecule has 136 valence electrons. The Labute approximate surface area is 153 Å². The lowest BCUT2D eigenvalue weighted by Gasteiger charge is -2.02. The van der Waals surface area contributed by atoms with Crippen LogP contribution >= 0.6 is 0 Å². The van der Waals surface area contributed by atoms with Gasteiger partial charge in [0.05, 0.1) is 11.1 Å². The molecule has 0 unspecified atom stereocenters. The fourth-order valence-corrected chi connectivity index (χ4v) is 2.43. The number of nitrogens with one attached hydrogen (secondary N) is 1. The van der Waals surface area contributed by atoms with Crippen LogP contribution in [0.25, 0.3) is 11.3 Å². The highest BCUT2D eigenvalue weighted by Gasteiger charge is 2.21. The summed E-state index contributed by atoms with van der Waals surface area (Å²) >= 11 is 0. The Bertz CT molecular complexity index is 1030. The highest BCUT2D eigenvalue weighted by molar-refractivity contribution is 6.01. The molecule has 1 amide bonds. The maximum atomic E-state index is 12.5. The summed E-state index contributed by atoms with van der Waals surface area (Å²) in [6.07, 6.45) is 1.26. The molecule has 2 aromatic carbocycles. The molecular formula is C18H14N4O5. The third kappa shape index (κ3) is 3.82. The summed E-state index contributed by atoms with van der Waals surface area (Å²) < 4.78 is 5.13. The molecule has 0 bridgehead atoms. The number of aromatic nitrogens is 1. The van der Waals surface area contributed by atoms with Crippen molar-refractivity contribution in [2.45, 2.75) is 6.92 Å². The lowest BCUT2D eigenvalue weighted by molar-refractivity contribution is -0.385. The molecule has 3 rings (SSSR count). The van der Waals surface area contributed by atoms with Crippen LogP contribution in [-0.4, -0.2) is 27.3 Å². The Morgan fingerprint density at radius 2 is 2.04 bits per heavy atom. The monoisotopic (exact) mass is 366 g/mol. The number of hydrazone groups is 1. The molecule has 0 fully saturated rings. The Morgan fingerprint density at radius 1 is 1.30 bits per heavy atom. The molecule has 0 aliphatic rings. The van der Waals surface area contributed by atoms with Crippen LogP contribution in [0.2, 0.25) is 0 Å². The summed E-state index contributed by atoms with van der Waals surface area (Å²) in [5.74, 6) is -0.666. The van der Waals surface area contributed by atoms with Crippen LogP contribution in [0.3, 0.4) is 0 Å². The minimum atomic E-state index is -0.697. The number of aromatic hydroxyl groups is 1. The smallest absolute Gasteiger partial charge is 0.310 e.